The molecule has 0 aromatic heterocycles. The fourth-order valence-electron chi connectivity index (χ4n) is 1.82. The number of hydrogen-bond donors (Lipinski definition) is 0. The third-order valence-electron chi connectivity index (χ3n) is 2.93. The minimum Gasteiger partial charge on any atom is -0.497 e. The quantitative estimate of drug-likeness (QED) is 0.827. The van der Waals surface area contributed by atoms with Gasteiger partial charge in [-0.05, 0) is 42.0 Å². The predicted octanol–water partition coefficient (Wildman–Crippen LogP) is 4.49. The molecule has 0 amide bonds. The Morgan fingerprint density at radius 1 is 1.05 bits per heavy atom. The summed E-state index contributed by atoms with van der Waals surface area (Å²) in [5.41, 5.74) is -0.769. The highest BCUT2D eigenvalue weighted by molar-refractivity contribution is 7.88. The molecule has 2 aromatic rings. The summed E-state index contributed by atoms with van der Waals surface area (Å²) in [6, 6.07) is 11.7. The fourth-order valence-corrected chi connectivity index (χ4v) is 2.66. The van der Waals surface area contributed by atoms with Gasteiger partial charge in [-0.15, -0.1) is 0 Å². The Morgan fingerprint density at radius 3 is 2.27 bits per heavy atom. The van der Waals surface area contributed by atoms with Crippen LogP contribution >= 0.6 is 0 Å². The van der Waals surface area contributed by atoms with Gasteiger partial charge in [-0.3, -0.25) is 0 Å². The molecule has 116 valence electrons. The molecule has 0 N–H and O–H groups in total. The van der Waals surface area contributed by atoms with Gasteiger partial charge in [0, 0.05) is 10.3 Å². The van der Waals surface area contributed by atoms with Crippen molar-refractivity contribution in [3.05, 3.63) is 65.1 Å². The van der Waals surface area contributed by atoms with Crippen molar-refractivity contribution in [1.82, 2.24) is 0 Å². The van der Waals surface area contributed by atoms with Crippen molar-refractivity contribution in [3.8, 4) is 5.75 Å². The molecule has 0 aliphatic heterocycles. The topological polar surface area (TPSA) is 26.3 Å². The molecule has 0 fully saturated rings. The average Bonchev–Trinajstić information content (AvgIpc) is 2.52. The standard InChI is InChI=1S/C16H13F3O2S/c1-21-13-6-8-14(9-7-13)22(20)11-10-12-4-2-3-5-15(12)16(17,18)19/h2-11H,1H3/b11-10+. The first-order valence-corrected chi connectivity index (χ1v) is 7.52. The van der Waals surface area contributed by atoms with Crippen LogP contribution in [0.15, 0.2) is 58.8 Å². The Hall–Kier alpha value is -2.08. The van der Waals surface area contributed by atoms with Gasteiger partial charge in [0.2, 0.25) is 0 Å². The van der Waals surface area contributed by atoms with Crippen LogP contribution in [0.4, 0.5) is 13.2 Å². The molecule has 6 heteroatoms. The first-order valence-electron chi connectivity index (χ1n) is 6.31. The van der Waals surface area contributed by atoms with Gasteiger partial charge in [0.25, 0.3) is 0 Å². The monoisotopic (exact) mass is 326 g/mol. The molecule has 0 spiro atoms. The highest BCUT2D eigenvalue weighted by Crippen LogP contribution is 2.32. The molecule has 0 bridgehead atoms. The van der Waals surface area contributed by atoms with Gasteiger partial charge in [-0.25, -0.2) is 4.21 Å². The maximum atomic E-state index is 12.9. The van der Waals surface area contributed by atoms with Crippen LogP contribution in [0, 0.1) is 0 Å². The minimum absolute atomic E-state index is 0.0168. The van der Waals surface area contributed by atoms with E-state index in [2.05, 4.69) is 0 Å². The van der Waals surface area contributed by atoms with Crippen molar-refractivity contribution < 1.29 is 22.1 Å². The second-order valence-corrected chi connectivity index (χ2v) is 5.70. The maximum Gasteiger partial charge on any atom is 0.416 e. The van der Waals surface area contributed by atoms with E-state index in [1.54, 1.807) is 24.3 Å². The summed E-state index contributed by atoms with van der Waals surface area (Å²) in [7, 11) is -0.0188. The van der Waals surface area contributed by atoms with Gasteiger partial charge in [0.15, 0.2) is 0 Å². The number of halogens is 3. The van der Waals surface area contributed by atoms with Gasteiger partial charge < -0.3 is 4.74 Å². The van der Waals surface area contributed by atoms with Crippen LogP contribution in [0.25, 0.3) is 6.08 Å². The molecule has 0 aliphatic carbocycles. The van der Waals surface area contributed by atoms with E-state index >= 15 is 0 Å². The average molecular weight is 326 g/mol. The molecule has 0 saturated heterocycles. The zero-order valence-electron chi connectivity index (χ0n) is 11.6. The summed E-state index contributed by atoms with van der Waals surface area (Å²) in [5, 5.41) is 1.24. The summed E-state index contributed by atoms with van der Waals surface area (Å²) in [6.45, 7) is 0. The molecule has 0 radical (unpaired) electrons. The fraction of sp³-hybridized carbons (Fsp3) is 0.125. The predicted molar refractivity (Wildman–Crippen MR) is 79.9 cm³/mol. The van der Waals surface area contributed by atoms with Crippen molar-refractivity contribution in [2.24, 2.45) is 0 Å². The highest BCUT2D eigenvalue weighted by atomic mass is 32.2. The second kappa shape index (κ2) is 6.79. The molecule has 0 saturated carbocycles. The van der Waals surface area contributed by atoms with E-state index in [4.69, 9.17) is 4.74 Å². The van der Waals surface area contributed by atoms with Crippen LogP contribution in [-0.4, -0.2) is 11.3 Å². The lowest BCUT2D eigenvalue weighted by atomic mass is 10.1. The van der Waals surface area contributed by atoms with Crippen LogP contribution in [0.2, 0.25) is 0 Å². The lowest BCUT2D eigenvalue weighted by molar-refractivity contribution is -0.137. The first-order chi connectivity index (χ1) is 10.4. The Bertz CT molecular complexity index is 691. The van der Waals surface area contributed by atoms with E-state index in [1.165, 1.54) is 36.8 Å². The summed E-state index contributed by atoms with van der Waals surface area (Å²) < 4.78 is 55.6. The number of methoxy groups -OCH3 is 1. The number of alkyl halides is 3. The first kappa shape index (κ1) is 16.3. The minimum atomic E-state index is -4.44. The smallest absolute Gasteiger partial charge is 0.416 e. The van der Waals surface area contributed by atoms with Crippen molar-refractivity contribution in [1.29, 1.82) is 0 Å². The summed E-state index contributed by atoms with van der Waals surface area (Å²) >= 11 is 0. The van der Waals surface area contributed by atoms with Gasteiger partial charge in [-0.2, -0.15) is 13.2 Å². The van der Waals surface area contributed by atoms with Crippen LogP contribution in [0.1, 0.15) is 11.1 Å². The maximum absolute atomic E-state index is 12.9. The van der Waals surface area contributed by atoms with Gasteiger partial charge in [-0.1, -0.05) is 18.2 Å². The molecule has 22 heavy (non-hydrogen) atoms. The molecule has 0 heterocycles. The Balaban J connectivity index is 2.23. The zero-order valence-corrected chi connectivity index (χ0v) is 12.4. The summed E-state index contributed by atoms with van der Waals surface area (Å²) in [4.78, 5) is 0.488. The SMILES string of the molecule is COc1ccc(S(=O)/C=C/c2ccccc2C(F)(F)F)cc1. The molecule has 2 nitrogen and oxygen atoms in total. The lowest BCUT2D eigenvalue weighted by Crippen LogP contribution is -2.06. The van der Waals surface area contributed by atoms with Crippen molar-refractivity contribution in [3.63, 3.8) is 0 Å². The van der Waals surface area contributed by atoms with Crippen molar-refractivity contribution >= 4 is 16.9 Å². The van der Waals surface area contributed by atoms with Crippen LogP contribution in [0.3, 0.4) is 0 Å². The second-order valence-electron chi connectivity index (χ2n) is 4.36. The van der Waals surface area contributed by atoms with Gasteiger partial charge in [0.1, 0.15) is 5.75 Å². The Kier molecular flexibility index (Phi) is 5.03. The molecule has 2 aromatic carbocycles. The van der Waals surface area contributed by atoms with Crippen molar-refractivity contribution in [2.45, 2.75) is 11.1 Å². The lowest BCUT2D eigenvalue weighted by Gasteiger charge is -2.09. The molecule has 1 unspecified atom stereocenters. The third-order valence-corrected chi connectivity index (χ3v) is 4.05. The van der Waals surface area contributed by atoms with E-state index in [-0.39, 0.29) is 5.56 Å². The Morgan fingerprint density at radius 2 is 1.68 bits per heavy atom. The van der Waals surface area contributed by atoms with E-state index in [0.29, 0.717) is 10.6 Å². The summed E-state index contributed by atoms with van der Waals surface area (Å²) in [5.74, 6) is 0.618. The number of benzene rings is 2. The molecule has 1 atom stereocenters. The number of hydrogen-bond acceptors (Lipinski definition) is 2. The number of rotatable bonds is 4. The highest BCUT2D eigenvalue weighted by Gasteiger charge is 2.32. The normalized spacial score (nSPS) is 13.3. The largest absolute Gasteiger partial charge is 0.497 e. The van der Waals surface area contributed by atoms with Crippen LogP contribution in [-0.2, 0) is 17.0 Å². The third kappa shape index (κ3) is 3.98. The molecular formula is C16H13F3O2S. The number of ether oxygens (including phenoxy) is 1. The van der Waals surface area contributed by atoms with Crippen LogP contribution in [0.5, 0.6) is 5.75 Å². The van der Waals surface area contributed by atoms with E-state index < -0.39 is 22.5 Å². The Labute approximate surface area is 128 Å². The van der Waals surface area contributed by atoms with E-state index in [1.807, 2.05) is 0 Å². The van der Waals surface area contributed by atoms with Crippen LogP contribution < -0.4 is 4.74 Å². The van der Waals surface area contributed by atoms with Gasteiger partial charge >= 0.3 is 6.18 Å². The van der Waals surface area contributed by atoms with Crippen molar-refractivity contribution in [2.75, 3.05) is 7.11 Å². The molecule has 0 aliphatic rings. The molecular weight excluding hydrogens is 313 g/mol. The molecule has 2 rings (SSSR count). The van der Waals surface area contributed by atoms with E-state index in [9.17, 15) is 17.4 Å². The van der Waals surface area contributed by atoms with E-state index in [0.717, 1.165) is 6.07 Å². The zero-order chi connectivity index (χ0) is 16.2. The van der Waals surface area contributed by atoms with Gasteiger partial charge in [0.05, 0.1) is 23.5 Å². The summed E-state index contributed by atoms with van der Waals surface area (Å²) in [6.07, 6.45) is -3.22.